The van der Waals surface area contributed by atoms with Gasteiger partial charge in [-0.15, -0.1) is 0 Å². The molecule has 0 fully saturated rings. The Labute approximate surface area is 109 Å². The zero-order valence-electron chi connectivity index (χ0n) is 9.87. The van der Waals surface area contributed by atoms with E-state index in [0.29, 0.717) is 6.61 Å². The highest BCUT2D eigenvalue weighted by molar-refractivity contribution is 9.10. The topological polar surface area (TPSA) is 58.6 Å². The normalized spacial score (nSPS) is 14.1. The van der Waals surface area contributed by atoms with Crippen LogP contribution in [-0.2, 0) is 9.53 Å². The summed E-state index contributed by atoms with van der Waals surface area (Å²) >= 11 is 3.34. The second-order valence-corrected chi connectivity index (χ2v) is 4.83. The first kappa shape index (κ1) is 14.0. The summed E-state index contributed by atoms with van der Waals surface area (Å²) in [6.45, 7) is 4.04. The summed E-state index contributed by atoms with van der Waals surface area (Å²) in [7, 11) is 0. The number of hydrogen-bond acceptors (Lipinski definition) is 3. The van der Waals surface area contributed by atoms with Gasteiger partial charge in [0, 0.05) is 16.8 Å². The molecule has 2 N–H and O–H groups in total. The molecule has 4 nitrogen and oxygen atoms in total. The maximum atomic E-state index is 11.3. The third kappa shape index (κ3) is 4.02. The summed E-state index contributed by atoms with van der Waals surface area (Å²) in [5.74, 6) is -0.939. The molecule has 0 spiro atoms. The Bertz CT molecular complexity index is 397. The molecule has 0 radical (unpaired) electrons. The number of nitrogens with one attached hydrogen (secondary N) is 1. The Morgan fingerprint density at radius 2 is 2.29 bits per heavy atom. The van der Waals surface area contributed by atoms with Crippen LogP contribution in [0.1, 0.15) is 13.8 Å². The molecule has 0 saturated heterocycles. The number of benzene rings is 1. The third-order valence-corrected chi connectivity index (χ3v) is 2.80. The van der Waals surface area contributed by atoms with Crippen LogP contribution < -0.4 is 5.32 Å². The van der Waals surface area contributed by atoms with Gasteiger partial charge < -0.3 is 15.2 Å². The van der Waals surface area contributed by atoms with E-state index in [0.717, 1.165) is 10.2 Å². The van der Waals surface area contributed by atoms with Crippen molar-refractivity contribution >= 4 is 27.6 Å². The van der Waals surface area contributed by atoms with Gasteiger partial charge in [-0.3, -0.25) is 0 Å². The summed E-state index contributed by atoms with van der Waals surface area (Å²) < 4.78 is 6.10. The van der Waals surface area contributed by atoms with Crippen LogP contribution in [0.15, 0.2) is 28.7 Å². The Hall–Kier alpha value is -1.07. The van der Waals surface area contributed by atoms with Crippen molar-refractivity contribution in [3.05, 3.63) is 28.7 Å². The molecule has 1 atom stereocenters. The van der Waals surface area contributed by atoms with Crippen LogP contribution in [0.2, 0.25) is 0 Å². The van der Waals surface area contributed by atoms with Crippen LogP contribution >= 0.6 is 15.9 Å². The third-order valence-electron chi connectivity index (χ3n) is 2.31. The van der Waals surface area contributed by atoms with E-state index in [-0.39, 0.29) is 6.61 Å². The van der Waals surface area contributed by atoms with Gasteiger partial charge in [-0.05, 0) is 32.0 Å². The van der Waals surface area contributed by atoms with Gasteiger partial charge in [-0.2, -0.15) is 0 Å². The molecular weight excluding hydrogens is 286 g/mol. The number of carboxylic acids is 1. The van der Waals surface area contributed by atoms with E-state index in [4.69, 9.17) is 4.74 Å². The van der Waals surface area contributed by atoms with Crippen molar-refractivity contribution < 1.29 is 14.6 Å². The van der Waals surface area contributed by atoms with Crippen LogP contribution in [0, 0.1) is 0 Å². The van der Waals surface area contributed by atoms with Crippen LogP contribution in [-0.4, -0.2) is 29.8 Å². The average molecular weight is 302 g/mol. The lowest BCUT2D eigenvalue weighted by atomic mass is 10.0. The van der Waals surface area contributed by atoms with E-state index in [1.807, 2.05) is 31.2 Å². The molecule has 0 aliphatic heterocycles. The van der Waals surface area contributed by atoms with E-state index < -0.39 is 11.5 Å². The summed E-state index contributed by atoms with van der Waals surface area (Å²) in [5, 5.41) is 12.2. The van der Waals surface area contributed by atoms with Gasteiger partial charge in [0.05, 0.1) is 6.61 Å². The fourth-order valence-corrected chi connectivity index (χ4v) is 1.74. The predicted octanol–water partition coefficient (Wildman–Crippen LogP) is 2.74. The van der Waals surface area contributed by atoms with Gasteiger partial charge in [0.15, 0.2) is 5.54 Å². The first-order valence-corrected chi connectivity index (χ1v) is 6.12. The zero-order valence-corrected chi connectivity index (χ0v) is 11.5. The average Bonchev–Trinajstić information content (AvgIpc) is 2.26. The van der Waals surface area contributed by atoms with E-state index in [1.54, 1.807) is 6.92 Å². The quantitative estimate of drug-likeness (QED) is 0.848. The van der Waals surface area contributed by atoms with E-state index >= 15 is 0 Å². The molecule has 0 aliphatic rings. The highest BCUT2D eigenvalue weighted by Crippen LogP contribution is 2.20. The molecule has 1 aromatic rings. The van der Waals surface area contributed by atoms with Crippen molar-refractivity contribution in [1.82, 2.24) is 0 Å². The first-order valence-electron chi connectivity index (χ1n) is 5.33. The van der Waals surface area contributed by atoms with E-state index in [9.17, 15) is 9.90 Å². The molecule has 94 valence electrons. The minimum absolute atomic E-state index is 0.116. The highest BCUT2D eigenvalue weighted by Gasteiger charge is 2.33. The lowest BCUT2D eigenvalue weighted by molar-refractivity contribution is -0.143. The Morgan fingerprint density at radius 1 is 1.59 bits per heavy atom. The molecule has 17 heavy (non-hydrogen) atoms. The van der Waals surface area contributed by atoms with E-state index in [1.165, 1.54) is 0 Å². The smallest absolute Gasteiger partial charge is 0.331 e. The largest absolute Gasteiger partial charge is 0.479 e. The van der Waals surface area contributed by atoms with Crippen molar-refractivity contribution in [3.8, 4) is 0 Å². The zero-order chi connectivity index (χ0) is 12.9. The van der Waals surface area contributed by atoms with Crippen molar-refractivity contribution in [1.29, 1.82) is 0 Å². The molecule has 0 amide bonds. The minimum atomic E-state index is -1.13. The van der Waals surface area contributed by atoms with Gasteiger partial charge in [0.2, 0.25) is 0 Å². The molecule has 1 rings (SSSR count). The highest BCUT2D eigenvalue weighted by atomic mass is 79.9. The molecule has 5 heteroatoms. The van der Waals surface area contributed by atoms with Crippen molar-refractivity contribution in [2.75, 3.05) is 18.5 Å². The number of carboxylic acid groups (broad SMARTS) is 1. The number of carbonyl (C=O) groups is 1. The van der Waals surface area contributed by atoms with Crippen molar-refractivity contribution in [2.24, 2.45) is 0 Å². The number of ether oxygens (including phenoxy) is 1. The van der Waals surface area contributed by atoms with Gasteiger partial charge in [-0.1, -0.05) is 22.0 Å². The number of halogens is 1. The number of aliphatic carboxylic acids is 1. The van der Waals surface area contributed by atoms with Crippen molar-refractivity contribution in [3.63, 3.8) is 0 Å². The minimum Gasteiger partial charge on any atom is -0.479 e. The molecule has 0 aliphatic carbocycles. The second kappa shape index (κ2) is 6.02. The molecule has 0 heterocycles. The van der Waals surface area contributed by atoms with Crippen LogP contribution in [0.25, 0.3) is 0 Å². The summed E-state index contributed by atoms with van der Waals surface area (Å²) in [4.78, 5) is 11.3. The molecule has 0 aromatic heterocycles. The van der Waals surface area contributed by atoms with Gasteiger partial charge in [0.1, 0.15) is 0 Å². The Kier molecular flexibility index (Phi) is 4.96. The second-order valence-electron chi connectivity index (χ2n) is 3.91. The van der Waals surface area contributed by atoms with Crippen LogP contribution in [0.4, 0.5) is 5.69 Å². The number of hydrogen-bond donors (Lipinski definition) is 2. The Balaban J connectivity index is 2.83. The SMILES string of the molecule is CCOCC(C)(Nc1cccc(Br)c1)C(=O)O. The number of rotatable bonds is 6. The van der Waals surface area contributed by atoms with Crippen LogP contribution in [0.3, 0.4) is 0 Å². The summed E-state index contributed by atoms with van der Waals surface area (Å²) in [6.07, 6.45) is 0. The first-order chi connectivity index (χ1) is 7.98. The molecule has 0 saturated carbocycles. The summed E-state index contributed by atoms with van der Waals surface area (Å²) in [5.41, 5.74) is -0.388. The monoisotopic (exact) mass is 301 g/mol. The molecule has 1 aromatic carbocycles. The van der Waals surface area contributed by atoms with Crippen LogP contribution in [0.5, 0.6) is 0 Å². The standard InChI is InChI=1S/C12H16BrNO3/c1-3-17-8-12(2,11(15)16)14-10-6-4-5-9(13)7-10/h4-7,14H,3,8H2,1-2H3,(H,15,16). The van der Waals surface area contributed by atoms with Gasteiger partial charge >= 0.3 is 5.97 Å². The van der Waals surface area contributed by atoms with Gasteiger partial charge in [0.25, 0.3) is 0 Å². The maximum Gasteiger partial charge on any atom is 0.331 e. The number of anilines is 1. The molecular formula is C12H16BrNO3. The lowest BCUT2D eigenvalue weighted by Gasteiger charge is -2.27. The van der Waals surface area contributed by atoms with E-state index in [2.05, 4.69) is 21.2 Å². The summed E-state index contributed by atoms with van der Waals surface area (Å²) in [6, 6.07) is 7.37. The van der Waals surface area contributed by atoms with Crippen molar-refractivity contribution in [2.45, 2.75) is 19.4 Å². The fourth-order valence-electron chi connectivity index (χ4n) is 1.34. The Morgan fingerprint density at radius 3 is 2.82 bits per heavy atom. The predicted molar refractivity (Wildman–Crippen MR) is 70.3 cm³/mol. The molecule has 1 unspecified atom stereocenters. The fraction of sp³-hybridized carbons (Fsp3) is 0.417. The lowest BCUT2D eigenvalue weighted by Crippen LogP contribution is -2.47. The molecule has 0 bridgehead atoms. The maximum absolute atomic E-state index is 11.3. The van der Waals surface area contributed by atoms with Gasteiger partial charge in [-0.25, -0.2) is 4.79 Å².